The summed E-state index contributed by atoms with van der Waals surface area (Å²) in [6.45, 7) is 1.61. The Hall–Kier alpha value is -1.98. The molecule has 0 saturated carbocycles. The van der Waals surface area contributed by atoms with Crippen LogP contribution in [-0.4, -0.2) is 30.6 Å². The molecule has 2 aromatic heterocycles. The summed E-state index contributed by atoms with van der Waals surface area (Å²) >= 11 is 0. The molecule has 0 amide bonds. The molecule has 6 heteroatoms. The Morgan fingerprint density at radius 2 is 2.29 bits per heavy atom. The summed E-state index contributed by atoms with van der Waals surface area (Å²) in [5.74, 6) is 2.01. The zero-order valence-electron chi connectivity index (χ0n) is 9.41. The van der Waals surface area contributed by atoms with E-state index in [1.165, 1.54) is 12.8 Å². The van der Waals surface area contributed by atoms with Gasteiger partial charge in [0.25, 0.3) is 0 Å². The lowest BCUT2D eigenvalue weighted by molar-refractivity contribution is 0.111. The van der Waals surface area contributed by atoms with Crippen LogP contribution in [0.15, 0.2) is 12.5 Å². The highest BCUT2D eigenvalue weighted by Crippen LogP contribution is 2.14. The number of hydrogen-bond acceptors (Lipinski definition) is 4. The third-order valence-corrected chi connectivity index (χ3v) is 3.03. The van der Waals surface area contributed by atoms with E-state index >= 15 is 0 Å². The molecular formula is C11H13N5O. The fourth-order valence-electron chi connectivity index (χ4n) is 2.17. The maximum Gasteiger partial charge on any atom is 0.169 e. The summed E-state index contributed by atoms with van der Waals surface area (Å²) in [6, 6.07) is 0. The highest BCUT2D eigenvalue weighted by atomic mass is 16.1. The van der Waals surface area contributed by atoms with Gasteiger partial charge in [-0.05, 0) is 12.8 Å². The van der Waals surface area contributed by atoms with Crippen LogP contribution in [0.4, 0.5) is 0 Å². The number of rotatable bonds is 3. The van der Waals surface area contributed by atoms with Gasteiger partial charge in [0.15, 0.2) is 12.1 Å². The van der Waals surface area contributed by atoms with E-state index in [9.17, 15) is 4.79 Å². The molecule has 2 aromatic rings. The Morgan fingerprint density at radius 1 is 1.35 bits per heavy atom. The van der Waals surface area contributed by atoms with E-state index in [0.29, 0.717) is 12.2 Å². The number of imidazole rings is 1. The quantitative estimate of drug-likeness (QED) is 0.728. The number of fused-ring (bicyclic) bond motifs is 1. The Labute approximate surface area is 98.3 Å². The molecule has 1 aliphatic rings. The predicted molar refractivity (Wildman–Crippen MR) is 59.7 cm³/mol. The molecule has 0 aromatic carbocycles. The number of aryl methyl sites for hydroxylation is 1. The molecule has 17 heavy (non-hydrogen) atoms. The van der Waals surface area contributed by atoms with E-state index in [4.69, 9.17) is 0 Å². The zero-order chi connectivity index (χ0) is 11.7. The number of aldehydes is 1. The summed E-state index contributed by atoms with van der Waals surface area (Å²) < 4.78 is 4.03. The fraction of sp³-hybridized carbons (Fsp3) is 0.455. The molecule has 0 atom stereocenters. The standard InChI is InChI=1S/C11H13N5O/c17-7-9-5-15(8-12-9)6-11-14-13-10-3-1-2-4-16(10)11/h5,7-8H,1-4,6H2. The molecule has 3 rings (SSSR count). The SMILES string of the molecule is O=Cc1cn(Cc2nnc3n2CCCC3)cn1. The number of hydrogen-bond donors (Lipinski definition) is 0. The Kier molecular flexibility index (Phi) is 2.47. The maximum absolute atomic E-state index is 10.5. The molecule has 0 unspecified atom stereocenters. The average molecular weight is 231 g/mol. The summed E-state index contributed by atoms with van der Waals surface area (Å²) in [7, 11) is 0. The lowest BCUT2D eigenvalue weighted by Crippen LogP contribution is -2.14. The van der Waals surface area contributed by atoms with Gasteiger partial charge in [0.2, 0.25) is 0 Å². The molecule has 0 bridgehead atoms. The second-order valence-corrected chi connectivity index (χ2v) is 4.23. The number of nitrogens with zero attached hydrogens (tertiary/aromatic N) is 5. The minimum absolute atomic E-state index is 0.448. The van der Waals surface area contributed by atoms with Crippen LogP contribution in [-0.2, 0) is 19.5 Å². The monoisotopic (exact) mass is 231 g/mol. The summed E-state index contributed by atoms with van der Waals surface area (Å²) in [5, 5.41) is 8.39. The minimum atomic E-state index is 0.448. The van der Waals surface area contributed by atoms with E-state index < -0.39 is 0 Å². The van der Waals surface area contributed by atoms with Gasteiger partial charge in [-0.3, -0.25) is 4.79 Å². The molecule has 0 spiro atoms. The highest BCUT2D eigenvalue weighted by molar-refractivity contribution is 5.70. The van der Waals surface area contributed by atoms with Gasteiger partial charge in [-0.25, -0.2) is 4.98 Å². The first-order chi connectivity index (χ1) is 8.36. The molecule has 0 aliphatic carbocycles. The predicted octanol–water partition coefficient (Wildman–Crippen LogP) is 0.672. The van der Waals surface area contributed by atoms with E-state index in [2.05, 4.69) is 19.7 Å². The second-order valence-electron chi connectivity index (χ2n) is 4.23. The topological polar surface area (TPSA) is 65.6 Å². The number of carbonyl (C=O) groups excluding carboxylic acids is 1. The normalized spacial score (nSPS) is 14.6. The van der Waals surface area contributed by atoms with E-state index in [1.807, 2.05) is 4.57 Å². The first-order valence-corrected chi connectivity index (χ1v) is 5.75. The van der Waals surface area contributed by atoms with Crippen molar-refractivity contribution in [1.29, 1.82) is 0 Å². The van der Waals surface area contributed by atoms with Crippen molar-refractivity contribution in [2.24, 2.45) is 0 Å². The summed E-state index contributed by atoms with van der Waals surface area (Å²) in [5.41, 5.74) is 0.448. The van der Waals surface area contributed by atoms with Crippen LogP contribution in [0.25, 0.3) is 0 Å². The van der Waals surface area contributed by atoms with Crippen LogP contribution >= 0.6 is 0 Å². The first kappa shape index (κ1) is 10.2. The van der Waals surface area contributed by atoms with Crippen LogP contribution < -0.4 is 0 Å². The lowest BCUT2D eigenvalue weighted by Gasteiger charge is -2.14. The fourth-order valence-corrected chi connectivity index (χ4v) is 2.17. The van der Waals surface area contributed by atoms with Gasteiger partial charge in [-0.15, -0.1) is 10.2 Å². The van der Waals surface area contributed by atoms with Crippen molar-refractivity contribution in [2.75, 3.05) is 0 Å². The maximum atomic E-state index is 10.5. The van der Waals surface area contributed by atoms with Crippen molar-refractivity contribution in [3.8, 4) is 0 Å². The van der Waals surface area contributed by atoms with Gasteiger partial charge in [0.1, 0.15) is 11.5 Å². The van der Waals surface area contributed by atoms with Gasteiger partial charge in [-0.1, -0.05) is 0 Å². The molecule has 0 saturated heterocycles. The molecule has 0 radical (unpaired) electrons. The molecular weight excluding hydrogens is 218 g/mol. The Balaban J connectivity index is 1.85. The molecule has 0 N–H and O–H groups in total. The molecule has 88 valence electrons. The largest absolute Gasteiger partial charge is 0.329 e. The molecule has 6 nitrogen and oxygen atoms in total. The van der Waals surface area contributed by atoms with Crippen molar-refractivity contribution < 1.29 is 4.79 Å². The Bertz CT molecular complexity index is 542. The van der Waals surface area contributed by atoms with Gasteiger partial charge >= 0.3 is 0 Å². The third-order valence-electron chi connectivity index (χ3n) is 3.03. The van der Waals surface area contributed by atoms with Crippen molar-refractivity contribution in [1.82, 2.24) is 24.3 Å². The van der Waals surface area contributed by atoms with E-state index in [-0.39, 0.29) is 0 Å². The third kappa shape index (κ3) is 1.86. The summed E-state index contributed by atoms with van der Waals surface area (Å²) in [4.78, 5) is 14.5. The van der Waals surface area contributed by atoms with Crippen molar-refractivity contribution in [3.05, 3.63) is 29.9 Å². The zero-order valence-corrected chi connectivity index (χ0v) is 9.41. The van der Waals surface area contributed by atoms with Crippen LogP contribution in [0.3, 0.4) is 0 Å². The van der Waals surface area contributed by atoms with Crippen molar-refractivity contribution in [3.63, 3.8) is 0 Å². The van der Waals surface area contributed by atoms with Gasteiger partial charge in [0, 0.05) is 19.2 Å². The van der Waals surface area contributed by atoms with Crippen molar-refractivity contribution in [2.45, 2.75) is 32.4 Å². The highest BCUT2D eigenvalue weighted by Gasteiger charge is 2.15. The molecule has 1 aliphatic heterocycles. The van der Waals surface area contributed by atoms with Crippen LogP contribution in [0.5, 0.6) is 0 Å². The number of carbonyl (C=O) groups is 1. The van der Waals surface area contributed by atoms with Gasteiger partial charge in [-0.2, -0.15) is 0 Å². The summed E-state index contributed by atoms with van der Waals surface area (Å²) in [6.07, 6.45) is 7.50. The van der Waals surface area contributed by atoms with E-state index in [0.717, 1.165) is 30.9 Å². The molecule has 0 fully saturated rings. The van der Waals surface area contributed by atoms with Crippen LogP contribution in [0.1, 0.15) is 35.0 Å². The molecule has 3 heterocycles. The Morgan fingerprint density at radius 3 is 3.12 bits per heavy atom. The minimum Gasteiger partial charge on any atom is -0.329 e. The van der Waals surface area contributed by atoms with E-state index in [1.54, 1.807) is 12.5 Å². The van der Waals surface area contributed by atoms with Crippen LogP contribution in [0.2, 0.25) is 0 Å². The lowest BCUT2D eigenvalue weighted by atomic mass is 10.2. The number of aromatic nitrogens is 5. The smallest absolute Gasteiger partial charge is 0.169 e. The first-order valence-electron chi connectivity index (χ1n) is 5.75. The van der Waals surface area contributed by atoms with Crippen molar-refractivity contribution >= 4 is 6.29 Å². The van der Waals surface area contributed by atoms with Crippen LogP contribution in [0, 0.1) is 0 Å². The average Bonchev–Trinajstić information content (AvgIpc) is 2.97. The van der Waals surface area contributed by atoms with Gasteiger partial charge in [0.05, 0.1) is 12.9 Å². The second kappa shape index (κ2) is 4.12. The van der Waals surface area contributed by atoms with Gasteiger partial charge < -0.3 is 9.13 Å².